The Bertz CT molecular complexity index is 1130. The van der Waals surface area contributed by atoms with E-state index in [4.69, 9.17) is 11.6 Å². The Morgan fingerprint density at radius 1 is 1.07 bits per heavy atom. The number of fused-ring (bicyclic) bond motifs is 1. The van der Waals surface area contributed by atoms with Crippen LogP contribution >= 0.6 is 27.5 Å². The second-order valence-electron chi connectivity index (χ2n) is 7.15. The third kappa shape index (κ3) is 3.78. The number of carbonyl (C=O) groups is 2. The van der Waals surface area contributed by atoms with Crippen LogP contribution in [-0.4, -0.2) is 16.8 Å². The molecule has 4 rings (SSSR count). The SMILES string of the molecule is O=C(CC1(O)C(=O)N(Cc2ccc(F)cc2)c2ccc(Br)cc21)c1ccc(Cl)cc1. The number of hydrogen-bond donors (Lipinski definition) is 1. The van der Waals surface area contributed by atoms with E-state index in [0.717, 1.165) is 0 Å². The third-order valence-corrected chi connectivity index (χ3v) is 5.88. The molecule has 1 aliphatic rings. The second-order valence-corrected chi connectivity index (χ2v) is 8.50. The van der Waals surface area contributed by atoms with Gasteiger partial charge in [-0.15, -0.1) is 0 Å². The Morgan fingerprint density at radius 2 is 1.73 bits per heavy atom. The number of ketones is 1. The van der Waals surface area contributed by atoms with E-state index < -0.39 is 17.9 Å². The molecular weight excluding hydrogens is 473 g/mol. The maximum Gasteiger partial charge on any atom is 0.264 e. The second kappa shape index (κ2) is 7.95. The van der Waals surface area contributed by atoms with Crippen LogP contribution in [0.25, 0.3) is 0 Å². The minimum atomic E-state index is -2.00. The molecule has 0 saturated carbocycles. The molecule has 0 aromatic heterocycles. The first-order valence-corrected chi connectivity index (χ1v) is 10.3. The highest BCUT2D eigenvalue weighted by atomic mass is 79.9. The number of carbonyl (C=O) groups excluding carboxylic acids is 2. The van der Waals surface area contributed by atoms with Gasteiger partial charge < -0.3 is 10.0 Å². The topological polar surface area (TPSA) is 57.6 Å². The lowest BCUT2D eigenvalue weighted by Gasteiger charge is -2.23. The van der Waals surface area contributed by atoms with Crippen molar-refractivity contribution in [3.8, 4) is 0 Å². The first-order chi connectivity index (χ1) is 14.3. The van der Waals surface area contributed by atoms with Gasteiger partial charge in [-0.3, -0.25) is 9.59 Å². The maximum absolute atomic E-state index is 13.3. The van der Waals surface area contributed by atoms with Gasteiger partial charge in [-0.2, -0.15) is 0 Å². The number of halogens is 3. The highest BCUT2D eigenvalue weighted by molar-refractivity contribution is 9.10. The fraction of sp³-hybridized carbons (Fsp3) is 0.130. The molecule has 152 valence electrons. The van der Waals surface area contributed by atoms with Crippen LogP contribution in [0.5, 0.6) is 0 Å². The van der Waals surface area contributed by atoms with Crippen LogP contribution in [0.15, 0.2) is 71.2 Å². The number of amides is 1. The Balaban J connectivity index is 1.70. The summed E-state index contributed by atoms with van der Waals surface area (Å²) < 4.78 is 13.9. The molecular formula is C23H16BrClFNO3. The molecule has 7 heteroatoms. The molecule has 0 radical (unpaired) electrons. The summed E-state index contributed by atoms with van der Waals surface area (Å²) >= 11 is 9.25. The van der Waals surface area contributed by atoms with Crippen molar-refractivity contribution < 1.29 is 19.1 Å². The maximum atomic E-state index is 13.3. The molecule has 1 atom stereocenters. The fourth-order valence-corrected chi connectivity index (χ4v) is 4.08. The lowest BCUT2D eigenvalue weighted by atomic mass is 9.88. The normalized spacial score (nSPS) is 17.9. The summed E-state index contributed by atoms with van der Waals surface area (Å²) in [5.41, 5.74) is -0.0816. The molecule has 0 aliphatic carbocycles. The van der Waals surface area contributed by atoms with E-state index in [1.54, 1.807) is 54.6 Å². The van der Waals surface area contributed by atoms with Gasteiger partial charge in [-0.1, -0.05) is 39.7 Å². The minimum absolute atomic E-state index is 0.144. The monoisotopic (exact) mass is 487 g/mol. The smallest absolute Gasteiger partial charge is 0.264 e. The molecule has 1 aliphatic heterocycles. The number of nitrogens with zero attached hydrogens (tertiary/aromatic N) is 1. The van der Waals surface area contributed by atoms with Crippen LogP contribution in [0.2, 0.25) is 5.02 Å². The zero-order chi connectivity index (χ0) is 21.5. The number of anilines is 1. The zero-order valence-electron chi connectivity index (χ0n) is 15.6. The quantitative estimate of drug-likeness (QED) is 0.499. The molecule has 1 amide bonds. The number of aliphatic hydroxyl groups is 1. The third-order valence-electron chi connectivity index (χ3n) is 5.13. The van der Waals surface area contributed by atoms with Gasteiger partial charge in [0.25, 0.3) is 5.91 Å². The summed E-state index contributed by atoms with van der Waals surface area (Å²) in [6, 6.07) is 17.2. The van der Waals surface area contributed by atoms with Crippen molar-refractivity contribution in [1.29, 1.82) is 0 Å². The van der Waals surface area contributed by atoms with Gasteiger partial charge in [-0.25, -0.2) is 4.39 Å². The molecule has 1 N–H and O–H groups in total. The first-order valence-electron chi connectivity index (χ1n) is 9.15. The van der Waals surface area contributed by atoms with Crippen molar-refractivity contribution in [2.45, 2.75) is 18.6 Å². The Kier molecular flexibility index (Phi) is 5.49. The van der Waals surface area contributed by atoms with Crippen LogP contribution in [-0.2, 0) is 16.9 Å². The van der Waals surface area contributed by atoms with Gasteiger partial charge >= 0.3 is 0 Å². The van der Waals surface area contributed by atoms with E-state index in [0.29, 0.717) is 31.9 Å². The van der Waals surface area contributed by atoms with Gasteiger partial charge in [0.05, 0.1) is 18.7 Å². The molecule has 1 heterocycles. The van der Waals surface area contributed by atoms with Gasteiger partial charge in [0.1, 0.15) is 5.82 Å². The predicted molar refractivity (Wildman–Crippen MR) is 116 cm³/mol. The Labute approximate surface area is 186 Å². The van der Waals surface area contributed by atoms with Crippen molar-refractivity contribution in [3.63, 3.8) is 0 Å². The molecule has 3 aromatic rings. The minimum Gasteiger partial charge on any atom is -0.375 e. The summed E-state index contributed by atoms with van der Waals surface area (Å²) in [6.07, 6.45) is -0.406. The van der Waals surface area contributed by atoms with Crippen molar-refractivity contribution in [2.75, 3.05) is 4.90 Å². The zero-order valence-corrected chi connectivity index (χ0v) is 18.0. The Morgan fingerprint density at radius 3 is 2.40 bits per heavy atom. The van der Waals surface area contributed by atoms with E-state index in [9.17, 15) is 19.1 Å². The number of hydrogen-bond acceptors (Lipinski definition) is 3. The highest BCUT2D eigenvalue weighted by Crippen LogP contribution is 2.44. The molecule has 30 heavy (non-hydrogen) atoms. The lowest BCUT2D eigenvalue weighted by Crippen LogP contribution is -2.41. The fourth-order valence-electron chi connectivity index (χ4n) is 3.59. The molecule has 0 fully saturated rings. The molecule has 3 aromatic carbocycles. The summed E-state index contributed by atoms with van der Waals surface area (Å²) in [5, 5.41) is 11.9. The highest BCUT2D eigenvalue weighted by Gasteiger charge is 2.51. The number of rotatable bonds is 5. The predicted octanol–water partition coefficient (Wildman–Crippen LogP) is 5.25. The molecule has 0 bridgehead atoms. The van der Waals surface area contributed by atoms with E-state index in [1.807, 2.05) is 0 Å². The van der Waals surface area contributed by atoms with E-state index in [2.05, 4.69) is 15.9 Å². The summed E-state index contributed by atoms with van der Waals surface area (Å²) in [5.74, 6) is -1.35. The average Bonchev–Trinajstić information content (AvgIpc) is 2.91. The average molecular weight is 489 g/mol. The largest absolute Gasteiger partial charge is 0.375 e. The van der Waals surface area contributed by atoms with Crippen LogP contribution < -0.4 is 4.90 Å². The van der Waals surface area contributed by atoms with Crippen LogP contribution in [0.3, 0.4) is 0 Å². The van der Waals surface area contributed by atoms with Gasteiger partial charge in [-0.05, 0) is 60.2 Å². The summed E-state index contributed by atoms with van der Waals surface area (Å²) in [4.78, 5) is 27.6. The van der Waals surface area contributed by atoms with Crippen LogP contribution in [0.1, 0.15) is 27.9 Å². The lowest BCUT2D eigenvalue weighted by molar-refractivity contribution is -0.136. The van der Waals surface area contributed by atoms with Crippen LogP contribution in [0, 0.1) is 5.82 Å². The Hall–Kier alpha value is -2.54. The van der Waals surface area contributed by atoms with E-state index in [-0.39, 0.29) is 18.1 Å². The van der Waals surface area contributed by atoms with Crippen molar-refractivity contribution in [1.82, 2.24) is 0 Å². The van der Waals surface area contributed by atoms with Crippen molar-refractivity contribution in [3.05, 3.63) is 98.7 Å². The van der Waals surface area contributed by atoms with E-state index in [1.165, 1.54) is 17.0 Å². The van der Waals surface area contributed by atoms with Gasteiger partial charge in [0, 0.05) is 20.6 Å². The van der Waals surface area contributed by atoms with Crippen LogP contribution in [0.4, 0.5) is 10.1 Å². The molecule has 0 saturated heterocycles. The van der Waals surface area contributed by atoms with E-state index >= 15 is 0 Å². The summed E-state index contributed by atoms with van der Waals surface area (Å²) in [6.45, 7) is 0.144. The standard InChI is InChI=1S/C23H16BrClFNO3/c24-16-5-10-20-19(11-16)23(30,12-21(28)15-3-6-17(25)7-4-15)22(29)27(20)13-14-1-8-18(26)9-2-14/h1-11,30H,12-13H2. The number of Topliss-reactive ketones (excluding diaryl/α,β-unsaturated/α-hetero) is 1. The van der Waals surface area contributed by atoms with Crippen molar-refractivity contribution >= 4 is 44.9 Å². The summed E-state index contributed by atoms with van der Waals surface area (Å²) in [7, 11) is 0. The van der Waals surface area contributed by atoms with Crippen molar-refractivity contribution in [2.24, 2.45) is 0 Å². The van der Waals surface area contributed by atoms with Gasteiger partial charge in [0.2, 0.25) is 0 Å². The first kappa shape index (κ1) is 20.7. The van der Waals surface area contributed by atoms with Gasteiger partial charge in [0.15, 0.2) is 11.4 Å². The molecule has 0 spiro atoms. The molecule has 4 nitrogen and oxygen atoms in total. The number of benzene rings is 3. The molecule has 1 unspecified atom stereocenters.